The van der Waals surface area contributed by atoms with Gasteiger partial charge in [0.1, 0.15) is 0 Å². The van der Waals surface area contributed by atoms with E-state index < -0.39 is 5.91 Å². The molecule has 0 fully saturated rings. The zero-order valence-corrected chi connectivity index (χ0v) is 14.1. The van der Waals surface area contributed by atoms with Gasteiger partial charge in [0.05, 0.1) is 16.9 Å². The number of carbonyl (C=O) groups excluding carboxylic acids is 2. The molecule has 1 aliphatic carbocycles. The molecule has 0 saturated heterocycles. The number of hydrogen-bond acceptors (Lipinski definition) is 3. The number of nitrogens with zero attached hydrogens (tertiary/aromatic N) is 2. The Hall–Kier alpha value is -3.41. The van der Waals surface area contributed by atoms with Crippen LogP contribution < -0.4 is 11.1 Å². The minimum atomic E-state index is -0.582. The Morgan fingerprint density at radius 2 is 1.73 bits per heavy atom. The van der Waals surface area contributed by atoms with E-state index in [1.807, 2.05) is 35.0 Å². The van der Waals surface area contributed by atoms with Gasteiger partial charge >= 0.3 is 0 Å². The number of para-hydroxylation sites is 2. The summed E-state index contributed by atoms with van der Waals surface area (Å²) in [5.41, 5.74) is 9.45. The van der Waals surface area contributed by atoms with Gasteiger partial charge in [-0.15, -0.1) is 0 Å². The number of benzene rings is 2. The van der Waals surface area contributed by atoms with Gasteiger partial charge in [0.15, 0.2) is 5.69 Å². The van der Waals surface area contributed by atoms with E-state index in [4.69, 9.17) is 5.73 Å². The smallest absolute Gasteiger partial charge is 0.276 e. The average molecular weight is 346 g/mol. The monoisotopic (exact) mass is 346 g/mol. The molecule has 1 aromatic heterocycles. The van der Waals surface area contributed by atoms with Gasteiger partial charge < -0.3 is 11.1 Å². The van der Waals surface area contributed by atoms with Crippen LogP contribution in [0.1, 0.15) is 38.5 Å². The van der Waals surface area contributed by atoms with Gasteiger partial charge in [0.25, 0.3) is 11.8 Å². The molecular formula is C20H18N4O2. The Balaban J connectivity index is 1.71. The summed E-state index contributed by atoms with van der Waals surface area (Å²) in [6.45, 7) is 0. The lowest BCUT2D eigenvalue weighted by Crippen LogP contribution is -2.19. The van der Waals surface area contributed by atoms with Crippen LogP contribution in [-0.2, 0) is 12.8 Å². The zero-order valence-electron chi connectivity index (χ0n) is 14.1. The molecule has 0 unspecified atom stereocenters. The maximum atomic E-state index is 12.9. The third-order valence-electron chi connectivity index (χ3n) is 4.59. The molecule has 1 heterocycles. The topological polar surface area (TPSA) is 90.0 Å². The molecular weight excluding hydrogens is 328 g/mol. The second-order valence-electron chi connectivity index (χ2n) is 6.24. The average Bonchev–Trinajstić information content (AvgIpc) is 3.25. The maximum Gasteiger partial charge on any atom is 0.276 e. The summed E-state index contributed by atoms with van der Waals surface area (Å²) in [5.74, 6) is -0.910. The normalized spacial score (nSPS) is 12.6. The van der Waals surface area contributed by atoms with E-state index in [1.54, 1.807) is 24.3 Å². The maximum absolute atomic E-state index is 12.9. The molecule has 0 atom stereocenters. The number of rotatable bonds is 4. The molecule has 1 aliphatic rings. The second kappa shape index (κ2) is 6.48. The second-order valence-corrected chi connectivity index (χ2v) is 6.24. The summed E-state index contributed by atoms with van der Waals surface area (Å²) in [4.78, 5) is 24.4. The van der Waals surface area contributed by atoms with Gasteiger partial charge in [-0.3, -0.25) is 9.59 Å². The number of primary amides is 1. The van der Waals surface area contributed by atoms with Crippen LogP contribution in [0.3, 0.4) is 0 Å². The number of aromatic nitrogens is 2. The molecule has 3 aromatic rings. The van der Waals surface area contributed by atoms with Crippen molar-refractivity contribution >= 4 is 17.5 Å². The third-order valence-corrected chi connectivity index (χ3v) is 4.59. The van der Waals surface area contributed by atoms with Crippen molar-refractivity contribution in [3.63, 3.8) is 0 Å². The SMILES string of the molecule is NC(=O)c1ccccc1NC(=O)c1nn(-c2ccccc2)c2c1CCC2. The molecule has 2 amide bonds. The van der Waals surface area contributed by atoms with E-state index in [0.717, 1.165) is 36.2 Å². The van der Waals surface area contributed by atoms with Gasteiger partial charge in [-0.1, -0.05) is 30.3 Å². The molecule has 0 saturated carbocycles. The molecule has 130 valence electrons. The fraction of sp³-hybridized carbons (Fsp3) is 0.150. The van der Waals surface area contributed by atoms with Crippen molar-refractivity contribution in [2.75, 3.05) is 5.32 Å². The molecule has 6 heteroatoms. The van der Waals surface area contributed by atoms with E-state index in [0.29, 0.717) is 11.4 Å². The van der Waals surface area contributed by atoms with Crippen LogP contribution in [0.2, 0.25) is 0 Å². The summed E-state index contributed by atoms with van der Waals surface area (Å²) < 4.78 is 1.84. The number of anilines is 1. The van der Waals surface area contributed by atoms with Gasteiger partial charge in [0.2, 0.25) is 0 Å². The highest BCUT2D eigenvalue weighted by Crippen LogP contribution is 2.28. The van der Waals surface area contributed by atoms with Gasteiger partial charge in [-0.2, -0.15) is 5.10 Å². The largest absolute Gasteiger partial charge is 0.366 e. The molecule has 3 N–H and O–H groups in total. The fourth-order valence-electron chi connectivity index (χ4n) is 3.39. The van der Waals surface area contributed by atoms with Crippen LogP contribution in [0.25, 0.3) is 5.69 Å². The van der Waals surface area contributed by atoms with E-state index in [9.17, 15) is 9.59 Å². The van der Waals surface area contributed by atoms with Crippen molar-refractivity contribution in [1.29, 1.82) is 0 Å². The van der Waals surface area contributed by atoms with E-state index in [-0.39, 0.29) is 11.5 Å². The molecule has 0 aliphatic heterocycles. The predicted octanol–water partition coefficient (Wildman–Crippen LogP) is 2.71. The van der Waals surface area contributed by atoms with Crippen LogP contribution in [0.15, 0.2) is 54.6 Å². The first-order chi connectivity index (χ1) is 12.6. The Morgan fingerprint density at radius 3 is 2.50 bits per heavy atom. The quantitative estimate of drug-likeness (QED) is 0.761. The Morgan fingerprint density at radius 1 is 1.00 bits per heavy atom. The molecule has 2 aromatic carbocycles. The molecule has 4 rings (SSSR count). The Labute approximate surface area is 150 Å². The number of nitrogens with two attached hydrogens (primary N) is 1. The molecule has 26 heavy (non-hydrogen) atoms. The Kier molecular flexibility index (Phi) is 4.01. The first kappa shape index (κ1) is 16.1. The highest BCUT2D eigenvalue weighted by molar-refractivity contribution is 6.08. The lowest BCUT2D eigenvalue weighted by molar-refractivity contribution is 0.100. The molecule has 0 radical (unpaired) electrons. The highest BCUT2D eigenvalue weighted by Gasteiger charge is 2.27. The zero-order chi connectivity index (χ0) is 18.1. The van der Waals surface area contributed by atoms with E-state index in [2.05, 4.69) is 10.4 Å². The van der Waals surface area contributed by atoms with Crippen molar-refractivity contribution in [2.24, 2.45) is 5.73 Å². The van der Waals surface area contributed by atoms with Crippen molar-refractivity contribution in [1.82, 2.24) is 9.78 Å². The fourth-order valence-corrected chi connectivity index (χ4v) is 3.39. The number of fused-ring (bicyclic) bond motifs is 1. The van der Waals surface area contributed by atoms with Crippen molar-refractivity contribution in [3.05, 3.63) is 77.1 Å². The summed E-state index contributed by atoms with van der Waals surface area (Å²) in [6, 6.07) is 16.5. The molecule has 0 spiro atoms. The third kappa shape index (κ3) is 2.75. The van der Waals surface area contributed by atoms with Crippen LogP contribution in [0.4, 0.5) is 5.69 Å². The van der Waals surface area contributed by atoms with Crippen molar-refractivity contribution in [3.8, 4) is 5.69 Å². The van der Waals surface area contributed by atoms with Crippen molar-refractivity contribution < 1.29 is 9.59 Å². The summed E-state index contributed by atoms with van der Waals surface area (Å²) in [7, 11) is 0. The first-order valence-electron chi connectivity index (χ1n) is 8.51. The highest BCUT2D eigenvalue weighted by atomic mass is 16.2. The summed E-state index contributed by atoms with van der Waals surface area (Å²) in [5, 5.41) is 7.35. The van der Waals surface area contributed by atoms with Gasteiger partial charge in [-0.05, 0) is 43.5 Å². The lowest BCUT2D eigenvalue weighted by Gasteiger charge is -2.08. The predicted molar refractivity (Wildman–Crippen MR) is 98.5 cm³/mol. The van der Waals surface area contributed by atoms with Crippen LogP contribution in [0, 0.1) is 0 Å². The first-order valence-corrected chi connectivity index (χ1v) is 8.51. The number of amides is 2. The van der Waals surface area contributed by atoms with Crippen molar-refractivity contribution in [2.45, 2.75) is 19.3 Å². The Bertz CT molecular complexity index is 992. The summed E-state index contributed by atoms with van der Waals surface area (Å²) in [6.07, 6.45) is 2.71. The van der Waals surface area contributed by atoms with Crippen LogP contribution >= 0.6 is 0 Å². The van der Waals surface area contributed by atoms with E-state index >= 15 is 0 Å². The molecule has 0 bridgehead atoms. The van der Waals surface area contributed by atoms with E-state index in [1.165, 1.54) is 0 Å². The lowest BCUT2D eigenvalue weighted by atomic mass is 10.1. The standard InChI is InChI=1S/C20H18N4O2/c21-19(25)14-9-4-5-11-16(14)22-20(26)18-15-10-6-12-17(15)24(23-18)13-7-2-1-3-8-13/h1-5,7-9,11H,6,10,12H2,(H2,21,25)(H,22,26). The number of hydrogen-bond donors (Lipinski definition) is 2. The summed E-state index contributed by atoms with van der Waals surface area (Å²) >= 11 is 0. The minimum absolute atomic E-state index is 0.278. The minimum Gasteiger partial charge on any atom is -0.366 e. The van der Waals surface area contributed by atoms with Crippen LogP contribution in [0.5, 0.6) is 0 Å². The number of carbonyl (C=O) groups is 2. The molecule has 6 nitrogen and oxygen atoms in total. The van der Waals surface area contributed by atoms with Gasteiger partial charge in [-0.25, -0.2) is 4.68 Å². The van der Waals surface area contributed by atoms with Crippen LogP contribution in [-0.4, -0.2) is 21.6 Å². The van der Waals surface area contributed by atoms with Gasteiger partial charge in [0, 0.05) is 11.3 Å². The number of nitrogens with one attached hydrogen (secondary N) is 1.